The van der Waals surface area contributed by atoms with E-state index in [0.29, 0.717) is 13.0 Å². The summed E-state index contributed by atoms with van der Waals surface area (Å²) in [6, 6.07) is -0.483. The molecule has 0 aliphatic heterocycles. The summed E-state index contributed by atoms with van der Waals surface area (Å²) in [4.78, 5) is 19.7. The number of carbonyl (C=O) groups is 1. The quantitative estimate of drug-likeness (QED) is 0.410. The zero-order chi connectivity index (χ0) is 13.4. The summed E-state index contributed by atoms with van der Waals surface area (Å²) in [5.74, 6) is 0.414. The van der Waals surface area contributed by atoms with Crippen molar-refractivity contribution in [3.63, 3.8) is 0 Å². The van der Waals surface area contributed by atoms with Crippen molar-refractivity contribution in [1.82, 2.24) is 9.80 Å². The molecule has 0 aromatic rings. The second-order valence-corrected chi connectivity index (χ2v) is 4.19. The van der Waals surface area contributed by atoms with Gasteiger partial charge in [0.25, 0.3) is 0 Å². The van der Waals surface area contributed by atoms with Crippen LogP contribution in [0.25, 0.3) is 0 Å². The zero-order valence-corrected chi connectivity index (χ0v) is 11.4. The Morgan fingerprint density at radius 1 is 1.29 bits per heavy atom. The van der Waals surface area contributed by atoms with Gasteiger partial charge in [0.15, 0.2) is 12.0 Å². The first-order valence-corrected chi connectivity index (χ1v) is 5.64. The van der Waals surface area contributed by atoms with Crippen LogP contribution in [0.1, 0.15) is 12.8 Å². The maximum absolute atomic E-state index is 11.6. The van der Waals surface area contributed by atoms with Crippen LogP contribution >= 0.6 is 0 Å². The smallest absolute Gasteiger partial charge is 0.330 e. The topological polar surface area (TPSA) is 71.2 Å². The second-order valence-electron chi connectivity index (χ2n) is 4.19. The number of rotatable bonds is 5. The van der Waals surface area contributed by atoms with Crippen LogP contribution in [-0.2, 0) is 9.53 Å². The Morgan fingerprint density at radius 3 is 2.18 bits per heavy atom. The summed E-state index contributed by atoms with van der Waals surface area (Å²) in [7, 11) is 8.91. The SMILES string of the molecule is COC(=O)[C@H](CCCN)N=C(N(C)C)N(C)C. The number of carbonyl (C=O) groups excluding carboxylic acids is 1. The molecule has 0 heterocycles. The normalized spacial score (nSPS) is 11.6. The summed E-state index contributed by atoms with van der Waals surface area (Å²) < 4.78 is 4.75. The average molecular weight is 244 g/mol. The van der Waals surface area contributed by atoms with Gasteiger partial charge in [0, 0.05) is 28.2 Å². The van der Waals surface area contributed by atoms with E-state index < -0.39 is 6.04 Å². The number of methoxy groups -OCH3 is 1. The third-order valence-electron chi connectivity index (χ3n) is 2.23. The first-order chi connectivity index (χ1) is 7.93. The van der Waals surface area contributed by atoms with Crippen molar-refractivity contribution < 1.29 is 9.53 Å². The first-order valence-electron chi connectivity index (χ1n) is 5.64. The summed E-state index contributed by atoms with van der Waals surface area (Å²) >= 11 is 0. The van der Waals surface area contributed by atoms with Crippen molar-refractivity contribution in [2.24, 2.45) is 10.7 Å². The molecule has 6 heteroatoms. The monoisotopic (exact) mass is 244 g/mol. The van der Waals surface area contributed by atoms with Crippen molar-refractivity contribution in [1.29, 1.82) is 0 Å². The third kappa shape index (κ3) is 5.53. The van der Waals surface area contributed by atoms with Gasteiger partial charge in [0.1, 0.15) is 0 Å². The maximum Gasteiger partial charge on any atom is 0.330 e. The Balaban J connectivity index is 4.89. The minimum atomic E-state index is -0.483. The van der Waals surface area contributed by atoms with Crippen LogP contribution in [0.4, 0.5) is 0 Å². The number of nitrogens with two attached hydrogens (primary N) is 1. The van der Waals surface area contributed by atoms with Crippen molar-refractivity contribution >= 4 is 11.9 Å². The fourth-order valence-electron chi connectivity index (χ4n) is 1.45. The van der Waals surface area contributed by atoms with Gasteiger partial charge in [-0.05, 0) is 19.4 Å². The number of guanidine groups is 1. The molecule has 0 aliphatic rings. The number of nitrogens with zero attached hydrogens (tertiary/aromatic N) is 3. The molecule has 0 unspecified atom stereocenters. The van der Waals surface area contributed by atoms with Crippen LogP contribution in [0, 0.1) is 0 Å². The van der Waals surface area contributed by atoms with Crippen molar-refractivity contribution in [2.75, 3.05) is 41.8 Å². The third-order valence-corrected chi connectivity index (χ3v) is 2.23. The van der Waals surface area contributed by atoms with Gasteiger partial charge < -0.3 is 20.3 Å². The van der Waals surface area contributed by atoms with E-state index in [-0.39, 0.29) is 5.97 Å². The molecule has 0 spiro atoms. The average Bonchev–Trinajstić information content (AvgIpc) is 2.27. The lowest BCUT2D eigenvalue weighted by molar-refractivity contribution is -0.142. The standard InChI is InChI=1S/C11H24N4O2/c1-14(2)11(15(3)4)13-9(7-6-8-12)10(16)17-5/h9H,6-8,12H2,1-5H3/t9-/m0/s1. The number of hydrogen-bond donors (Lipinski definition) is 1. The lowest BCUT2D eigenvalue weighted by Crippen LogP contribution is -2.38. The number of esters is 1. The Hall–Kier alpha value is -1.30. The van der Waals surface area contributed by atoms with Gasteiger partial charge in [-0.1, -0.05) is 0 Å². The van der Waals surface area contributed by atoms with Crippen LogP contribution < -0.4 is 5.73 Å². The van der Waals surface area contributed by atoms with Crippen LogP contribution in [0.3, 0.4) is 0 Å². The summed E-state index contributed by atoms with van der Waals surface area (Å²) in [5.41, 5.74) is 5.45. The van der Waals surface area contributed by atoms with E-state index in [1.54, 1.807) is 0 Å². The van der Waals surface area contributed by atoms with Gasteiger partial charge in [-0.25, -0.2) is 9.79 Å². The minimum absolute atomic E-state index is 0.320. The summed E-state index contributed by atoms with van der Waals surface area (Å²) in [6.45, 7) is 0.544. The summed E-state index contributed by atoms with van der Waals surface area (Å²) in [5, 5.41) is 0. The lowest BCUT2D eigenvalue weighted by Gasteiger charge is -2.24. The fourth-order valence-corrected chi connectivity index (χ4v) is 1.45. The number of hydrogen-bond acceptors (Lipinski definition) is 4. The van der Waals surface area contributed by atoms with Crippen LogP contribution in [-0.4, -0.2) is 69.6 Å². The molecule has 100 valence electrons. The van der Waals surface area contributed by atoms with E-state index in [2.05, 4.69) is 4.99 Å². The summed E-state index contributed by atoms with van der Waals surface area (Å²) in [6.07, 6.45) is 1.35. The molecule has 0 aromatic carbocycles. The highest BCUT2D eigenvalue weighted by Crippen LogP contribution is 2.06. The van der Waals surface area contributed by atoms with E-state index in [1.807, 2.05) is 38.0 Å². The molecule has 0 aliphatic carbocycles. The van der Waals surface area contributed by atoms with Gasteiger partial charge in [-0.3, -0.25) is 0 Å². The number of ether oxygens (including phenoxy) is 1. The molecule has 0 bridgehead atoms. The first kappa shape index (κ1) is 15.7. The van der Waals surface area contributed by atoms with Crippen LogP contribution in [0.2, 0.25) is 0 Å². The molecule has 0 fully saturated rings. The Bertz CT molecular complexity index is 254. The highest BCUT2D eigenvalue weighted by molar-refractivity contribution is 5.84. The Kier molecular flexibility index (Phi) is 7.29. The molecule has 0 saturated carbocycles. The zero-order valence-electron chi connectivity index (χ0n) is 11.4. The highest BCUT2D eigenvalue weighted by atomic mass is 16.5. The van der Waals surface area contributed by atoms with Gasteiger partial charge in [0.05, 0.1) is 7.11 Å². The van der Waals surface area contributed by atoms with Gasteiger partial charge in [0.2, 0.25) is 0 Å². The molecule has 17 heavy (non-hydrogen) atoms. The Labute approximate surface area is 103 Å². The maximum atomic E-state index is 11.6. The molecule has 2 N–H and O–H groups in total. The largest absolute Gasteiger partial charge is 0.467 e. The number of aliphatic imine (C=N–C) groups is 1. The molecular weight excluding hydrogens is 220 g/mol. The predicted octanol–water partition coefficient (Wildman–Crippen LogP) is -0.254. The van der Waals surface area contributed by atoms with E-state index in [4.69, 9.17) is 10.5 Å². The highest BCUT2D eigenvalue weighted by Gasteiger charge is 2.19. The van der Waals surface area contributed by atoms with Gasteiger partial charge in [-0.15, -0.1) is 0 Å². The van der Waals surface area contributed by atoms with E-state index in [1.165, 1.54) is 7.11 Å². The Morgan fingerprint density at radius 2 is 1.82 bits per heavy atom. The molecule has 6 nitrogen and oxygen atoms in total. The second kappa shape index (κ2) is 7.89. The molecule has 0 amide bonds. The lowest BCUT2D eigenvalue weighted by atomic mass is 10.1. The van der Waals surface area contributed by atoms with Gasteiger partial charge >= 0.3 is 5.97 Å². The van der Waals surface area contributed by atoms with Crippen molar-refractivity contribution in [2.45, 2.75) is 18.9 Å². The predicted molar refractivity (Wildman–Crippen MR) is 68.9 cm³/mol. The molecular formula is C11H24N4O2. The fraction of sp³-hybridized carbons (Fsp3) is 0.818. The van der Waals surface area contributed by atoms with Crippen LogP contribution in [0.5, 0.6) is 0 Å². The van der Waals surface area contributed by atoms with Crippen LogP contribution in [0.15, 0.2) is 4.99 Å². The molecule has 0 radical (unpaired) electrons. The van der Waals surface area contributed by atoms with Crippen molar-refractivity contribution in [3.05, 3.63) is 0 Å². The molecule has 0 aromatic heterocycles. The van der Waals surface area contributed by atoms with E-state index >= 15 is 0 Å². The van der Waals surface area contributed by atoms with E-state index in [0.717, 1.165) is 12.4 Å². The van der Waals surface area contributed by atoms with Gasteiger partial charge in [-0.2, -0.15) is 0 Å². The molecule has 1 atom stereocenters. The minimum Gasteiger partial charge on any atom is -0.467 e. The molecule has 0 saturated heterocycles. The molecule has 0 rings (SSSR count). The van der Waals surface area contributed by atoms with E-state index in [9.17, 15) is 4.79 Å². The van der Waals surface area contributed by atoms with Crippen molar-refractivity contribution in [3.8, 4) is 0 Å².